The second-order valence-corrected chi connectivity index (χ2v) is 2.55. The van der Waals surface area contributed by atoms with Crippen molar-refractivity contribution in [2.45, 2.75) is 33.3 Å². The Bertz CT molecular complexity index is 267. The second kappa shape index (κ2) is 5.22. The van der Waals surface area contributed by atoms with Gasteiger partial charge in [0.2, 0.25) is 11.9 Å². The Labute approximate surface area is 76.3 Å². The summed E-state index contributed by atoms with van der Waals surface area (Å²) in [6.45, 7) is 4.21. The Hall–Kier alpha value is -1.48. The number of rotatable bonds is 4. The van der Waals surface area contributed by atoms with Crippen LogP contribution in [0.15, 0.2) is 0 Å². The molecule has 5 heteroatoms. The molecule has 0 amide bonds. The minimum absolute atomic E-state index is 0.127. The fourth-order valence-corrected chi connectivity index (χ4v) is 0.894. The lowest BCUT2D eigenvalue weighted by molar-refractivity contribution is -0.145. The van der Waals surface area contributed by atoms with E-state index in [0.717, 1.165) is 0 Å². The van der Waals surface area contributed by atoms with Crippen molar-refractivity contribution in [2.24, 2.45) is 0 Å². The first-order valence-corrected chi connectivity index (χ1v) is 3.93. The third-order valence-electron chi connectivity index (χ3n) is 1.45. The largest absolute Gasteiger partial charge is 0.450 e. The van der Waals surface area contributed by atoms with Crippen LogP contribution in [0.5, 0.6) is 0 Å². The van der Waals surface area contributed by atoms with Crippen LogP contribution in [0.25, 0.3) is 5.53 Å². The molecule has 0 aliphatic carbocycles. The van der Waals surface area contributed by atoms with Crippen molar-refractivity contribution in [3.63, 3.8) is 0 Å². The van der Waals surface area contributed by atoms with Crippen molar-refractivity contribution in [3.8, 4) is 0 Å². The number of ketones is 1. The summed E-state index contributed by atoms with van der Waals surface area (Å²) in [7, 11) is 0. The fraction of sp³-hybridized carbons (Fsp3) is 0.625. The van der Waals surface area contributed by atoms with Crippen molar-refractivity contribution < 1.29 is 19.1 Å². The Morgan fingerprint density at radius 3 is 2.23 bits per heavy atom. The summed E-state index contributed by atoms with van der Waals surface area (Å²) in [4.78, 5) is 24.3. The fourth-order valence-electron chi connectivity index (χ4n) is 0.894. The number of hydrogen-bond donors (Lipinski definition) is 0. The molecule has 0 N–H and O–H groups in total. The molecule has 72 valence electrons. The van der Waals surface area contributed by atoms with E-state index >= 15 is 0 Å². The highest BCUT2D eigenvalue weighted by molar-refractivity contribution is 6.38. The van der Waals surface area contributed by atoms with Gasteiger partial charge in [0.1, 0.15) is 0 Å². The van der Waals surface area contributed by atoms with Crippen LogP contribution in [-0.2, 0) is 14.3 Å². The van der Waals surface area contributed by atoms with Crippen LogP contribution >= 0.6 is 0 Å². The molecule has 0 aromatic rings. The number of carbonyl (C=O) groups is 2. The van der Waals surface area contributed by atoms with Crippen LogP contribution in [0, 0.1) is 0 Å². The van der Waals surface area contributed by atoms with E-state index in [9.17, 15) is 9.59 Å². The first kappa shape index (κ1) is 11.5. The Morgan fingerprint density at radius 1 is 1.46 bits per heavy atom. The predicted molar refractivity (Wildman–Crippen MR) is 45.2 cm³/mol. The average Bonchev–Trinajstić information content (AvgIpc) is 2.02. The normalized spacial score (nSPS) is 11.3. The zero-order valence-corrected chi connectivity index (χ0v) is 7.90. The molecular formula is C8H12N2O3. The zero-order valence-electron chi connectivity index (χ0n) is 7.90. The maximum atomic E-state index is 10.9. The molecule has 0 bridgehead atoms. The first-order valence-electron chi connectivity index (χ1n) is 3.93. The van der Waals surface area contributed by atoms with E-state index in [1.165, 1.54) is 13.8 Å². The van der Waals surface area contributed by atoms with E-state index in [1.54, 1.807) is 6.92 Å². The van der Waals surface area contributed by atoms with E-state index in [4.69, 9.17) is 10.3 Å². The number of esters is 1. The quantitative estimate of drug-likeness (QED) is 0.277. The SMILES string of the molecule is CCC(OC(C)=O)C(=[N+]=[N-])C(C)=O. The van der Waals surface area contributed by atoms with Gasteiger partial charge in [-0.3, -0.25) is 9.59 Å². The van der Waals surface area contributed by atoms with Crippen LogP contribution in [0.1, 0.15) is 27.2 Å². The Balaban J connectivity index is 4.65. The summed E-state index contributed by atoms with van der Waals surface area (Å²) in [5, 5.41) is 0. The zero-order chi connectivity index (χ0) is 10.4. The van der Waals surface area contributed by atoms with Gasteiger partial charge in [-0.15, -0.1) is 0 Å². The van der Waals surface area contributed by atoms with Gasteiger partial charge < -0.3 is 10.3 Å². The second-order valence-electron chi connectivity index (χ2n) is 2.55. The third kappa shape index (κ3) is 3.62. The summed E-state index contributed by atoms with van der Waals surface area (Å²) >= 11 is 0. The highest BCUT2D eigenvalue weighted by atomic mass is 16.5. The van der Waals surface area contributed by atoms with Crippen LogP contribution in [-0.4, -0.2) is 28.4 Å². The smallest absolute Gasteiger partial charge is 0.374 e. The molecule has 0 saturated heterocycles. The molecule has 0 saturated carbocycles. The molecule has 0 radical (unpaired) electrons. The molecule has 1 atom stereocenters. The van der Waals surface area contributed by atoms with Gasteiger partial charge in [-0.2, -0.15) is 4.79 Å². The van der Waals surface area contributed by atoms with Crippen molar-refractivity contribution in [1.82, 2.24) is 0 Å². The average molecular weight is 184 g/mol. The van der Waals surface area contributed by atoms with E-state index in [1.807, 2.05) is 0 Å². The Kier molecular flexibility index (Phi) is 4.62. The van der Waals surface area contributed by atoms with Crippen LogP contribution in [0.2, 0.25) is 0 Å². The van der Waals surface area contributed by atoms with E-state index < -0.39 is 17.9 Å². The maximum Gasteiger partial charge on any atom is 0.374 e. The van der Waals surface area contributed by atoms with Crippen molar-refractivity contribution in [3.05, 3.63) is 5.53 Å². The standard InChI is InChI=1S/C8H12N2O3/c1-4-7(13-6(3)12)8(10-9)5(2)11/h7H,4H2,1-3H3. The van der Waals surface area contributed by atoms with Gasteiger partial charge in [-0.1, -0.05) is 6.92 Å². The van der Waals surface area contributed by atoms with E-state index in [-0.39, 0.29) is 5.71 Å². The van der Waals surface area contributed by atoms with Crippen LogP contribution in [0.4, 0.5) is 0 Å². The first-order chi connectivity index (χ1) is 6.02. The third-order valence-corrected chi connectivity index (χ3v) is 1.45. The lowest BCUT2D eigenvalue weighted by Crippen LogP contribution is -2.31. The number of ether oxygens (including phenoxy) is 1. The van der Waals surface area contributed by atoms with Crippen LogP contribution < -0.4 is 0 Å². The molecular weight excluding hydrogens is 172 g/mol. The van der Waals surface area contributed by atoms with Gasteiger partial charge in [0.05, 0.1) is 0 Å². The summed E-state index contributed by atoms with van der Waals surface area (Å²) < 4.78 is 4.76. The summed E-state index contributed by atoms with van der Waals surface area (Å²) in [6.07, 6.45) is -0.349. The predicted octanol–water partition coefficient (Wildman–Crippen LogP) is 0.588. The van der Waals surface area contributed by atoms with Gasteiger partial charge in [0.25, 0.3) is 0 Å². The minimum atomic E-state index is -0.750. The van der Waals surface area contributed by atoms with Crippen LogP contribution in [0.3, 0.4) is 0 Å². The van der Waals surface area contributed by atoms with Crippen molar-refractivity contribution >= 4 is 17.5 Å². The number of carbonyl (C=O) groups excluding carboxylic acids is 2. The Morgan fingerprint density at radius 2 is 2.00 bits per heavy atom. The monoisotopic (exact) mass is 184 g/mol. The summed E-state index contributed by atoms with van der Waals surface area (Å²) in [5.74, 6) is -0.912. The summed E-state index contributed by atoms with van der Waals surface area (Å²) in [5.41, 5.74) is 8.36. The molecule has 0 aromatic carbocycles. The molecule has 0 fully saturated rings. The molecule has 0 aliphatic rings. The number of Topliss-reactive ketones (excluding diaryl/α,β-unsaturated/α-hetero) is 1. The molecule has 0 spiro atoms. The van der Waals surface area contributed by atoms with Crippen molar-refractivity contribution in [2.75, 3.05) is 0 Å². The van der Waals surface area contributed by atoms with Gasteiger partial charge in [-0.25, -0.2) is 0 Å². The molecule has 13 heavy (non-hydrogen) atoms. The van der Waals surface area contributed by atoms with Gasteiger partial charge in [-0.05, 0) is 6.42 Å². The number of hydrogen-bond acceptors (Lipinski definition) is 3. The topological polar surface area (TPSA) is 79.8 Å². The highest BCUT2D eigenvalue weighted by Crippen LogP contribution is 2.01. The van der Waals surface area contributed by atoms with Crippen molar-refractivity contribution in [1.29, 1.82) is 0 Å². The molecule has 0 heterocycles. The van der Waals surface area contributed by atoms with E-state index in [2.05, 4.69) is 4.79 Å². The van der Waals surface area contributed by atoms with Gasteiger partial charge >= 0.3 is 11.7 Å². The summed E-state index contributed by atoms with van der Waals surface area (Å²) in [6, 6.07) is 0. The molecule has 0 aliphatic heterocycles. The van der Waals surface area contributed by atoms with Gasteiger partial charge in [0.15, 0.2) is 0 Å². The maximum absolute atomic E-state index is 10.9. The minimum Gasteiger partial charge on any atom is -0.450 e. The molecule has 0 aromatic heterocycles. The highest BCUT2D eigenvalue weighted by Gasteiger charge is 2.28. The lowest BCUT2D eigenvalue weighted by atomic mass is 10.1. The molecule has 0 rings (SSSR count). The number of nitrogens with zero attached hydrogens (tertiary/aromatic N) is 2. The molecule has 5 nitrogen and oxygen atoms in total. The molecule has 1 unspecified atom stereocenters. The van der Waals surface area contributed by atoms with Gasteiger partial charge in [0, 0.05) is 13.8 Å². The lowest BCUT2D eigenvalue weighted by Gasteiger charge is -2.08. The van der Waals surface area contributed by atoms with E-state index in [0.29, 0.717) is 6.42 Å².